The van der Waals surface area contributed by atoms with Crippen LogP contribution in [0.4, 0.5) is 0 Å². The fourth-order valence-corrected chi connectivity index (χ4v) is 1.83. The van der Waals surface area contributed by atoms with E-state index in [0.717, 1.165) is 16.7 Å². The first-order chi connectivity index (χ1) is 8.13. The van der Waals surface area contributed by atoms with Crippen LogP contribution in [0.3, 0.4) is 0 Å². The van der Waals surface area contributed by atoms with E-state index in [4.69, 9.17) is 16.3 Å². The third-order valence-electron chi connectivity index (χ3n) is 2.54. The summed E-state index contributed by atoms with van der Waals surface area (Å²) < 4.78 is 6.93. The van der Waals surface area contributed by atoms with Crippen molar-refractivity contribution >= 4 is 22.6 Å². The molecule has 2 heterocycles. The number of nitrogens with zero attached hydrogens (tertiary/aromatic N) is 4. The van der Waals surface area contributed by atoms with E-state index < -0.39 is 0 Å². The first kappa shape index (κ1) is 12.3. The minimum Gasteiger partial charge on any atom is -0.383 e. The van der Waals surface area contributed by atoms with Crippen LogP contribution in [0.2, 0.25) is 5.28 Å². The molecule has 0 atom stereocenters. The van der Waals surface area contributed by atoms with Gasteiger partial charge in [0.1, 0.15) is 11.0 Å². The van der Waals surface area contributed by atoms with Crippen LogP contribution in [0.15, 0.2) is 6.20 Å². The molecule has 0 fully saturated rings. The van der Waals surface area contributed by atoms with Crippen LogP contribution in [0.5, 0.6) is 0 Å². The lowest BCUT2D eigenvalue weighted by atomic mass is 10.1. The molecule has 0 radical (unpaired) electrons. The maximum Gasteiger partial charge on any atom is 0.223 e. The highest BCUT2D eigenvalue weighted by molar-refractivity contribution is 6.28. The lowest BCUT2D eigenvalue weighted by Crippen LogP contribution is -2.06. The van der Waals surface area contributed by atoms with Crippen LogP contribution in [-0.2, 0) is 11.3 Å². The first-order valence-electron chi connectivity index (χ1n) is 5.51. The van der Waals surface area contributed by atoms with Gasteiger partial charge in [-0.15, -0.1) is 0 Å². The molecule has 5 nitrogen and oxygen atoms in total. The molecule has 0 amide bonds. The predicted molar refractivity (Wildman–Crippen MR) is 66.3 cm³/mol. The van der Waals surface area contributed by atoms with E-state index in [1.807, 2.05) is 4.68 Å². The Morgan fingerprint density at radius 3 is 2.88 bits per heavy atom. The van der Waals surface area contributed by atoms with Crippen molar-refractivity contribution in [1.82, 2.24) is 19.7 Å². The van der Waals surface area contributed by atoms with Gasteiger partial charge in [0.05, 0.1) is 25.0 Å². The van der Waals surface area contributed by atoms with Gasteiger partial charge in [-0.25, -0.2) is 9.97 Å². The molecule has 2 aromatic rings. The number of methoxy groups -OCH3 is 1. The lowest BCUT2D eigenvalue weighted by Gasteiger charge is -2.01. The average Bonchev–Trinajstić information content (AvgIpc) is 2.64. The van der Waals surface area contributed by atoms with Gasteiger partial charge in [0.15, 0.2) is 0 Å². The van der Waals surface area contributed by atoms with Crippen molar-refractivity contribution in [2.24, 2.45) is 0 Å². The van der Waals surface area contributed by atoms with E-state index in [1.165, 1.54) is 0 Å². The van der Waals surface area contributed by atoms with Crippen molar-refractivity contribution in [1.29, 1.82) is 0 Å². The smallest absolute Gasteiger partial charge is 0.223 e. The van der Waals surface area contributed by atoms with Gasteiger partial charge in [0, 0.05) is 7.11 Å². The molecule has 0 saturated heterocycles. The van der Waals surface area contributed by atoms with Gasteiger partial charge in [-0.3, -0.25) is 4.68 Å². The Hall–Kier alpha value is -1.20. The zero-order chi connectivity index (χ0) is 12.4. The summed E-state index contributed by atoms with van der Waals surface area (Å²) in [5.74, 6) is 0.298. The number of fused-ring (bicyclic) bond motifs is 1. The third-order valence-corrected chi connectivity index (χ3v) is 2.73. The standard InChI is InChI=1S/C11H15ClN4O/c1-7(2)9-10-8(6-13-11(12)14-10)16(15-9)4-5-17-3/h6-7H,4-5H2,1-3H3. The van der Waals surface area contributed by atoms with E-state index in [0.29, 0.717) is 19.1 Å². The molecule has 0 N–H and O–H groups in total. The van der Waals surface area contributed by atoms with E-state index in [-0.39, 0.29) is 5.28 Å². The van der Waals surface area contributed by atoms with E-state index in [1.54, 1.807) is 13.3 Å². The molecule has 0 bridgehead atoms. The molecule has 0 spiro atoms. The van der Waals surface area contributed by atoms with E-state index in [9.17, 15) is 0 Å². The number of rotatable bonds is 4. The summed E-state index contributed by atoms with van der Waals surface area (Å²) in [6.07, 6.45) is 1.71. The second-order valence-corrected chi connectivity index (χ2v) is 4.47. The Balaban J connectivity index is 2.54. The normalized spacial score (nSPS) is 11.6. The summed E-state index contributed by atoms with van der Waals surface area (Å²) >= 11 is 5.82. The number of halogens is 1. The Morgan fingerprint density at radius 1 is 1.47 bits per heavy atom. The first-order valence-corrected chi connectivity index (χ1v) is 5.89. The van der Waals surface area contributed by atoms with Crippen molar-refractivity contribution in [3.8, 4) is 0 Å². The predicted octanol–water partition coefficient (Wildman–Crippen LogP) is 2.25. The number of ether oxygens (including phenoxy) is 1. The van der Waals surface area contributed by atoms with Crippen LogP contribution in [0.25, 0.3) is 11.0 Å². The number of aromatic nitrogens is 4. The van der Waals surface area contributed by atoms with E-state index >= 15 is 0 Å². The Bertz CT molecular complexity index is 523. The Kier molecular flexibility index (Phi) is 3.59. The van der Waals surface area contributed by atoms with Crippen LogP contribution in [-0.4, -0.2) is 33.5 Å². The molecule has 0 aromatic carbocycles. The zero-order valence-electron chi connectivity index (χ0n) is 10.1. The fourth-order valence-electron chi connectivity index (χ4n) is 1.70. The molecule has 0 saturated carbocycles. The SMILES string of the molecule is COCCn1nc(C(C)C)c2nc(Cl)ncc21. The van der Waals surface area contributed by atoms with Crippen LogP contribution < -0.4 is 0 Å². The molecule has 0 aliphatic rings. The van der Waals surface area contributed by atoms with Gasteiger partial charge in [0.25, 0.3) is 0 Å². The topological polar surface area (TPSA) is 52.8 Å². The van der Waals surface area contributed by atoms with Crippen LogP contribution >= 0.6 is 11.6 Å². The Labute approximate surface area is 105 Å². The van der Waals surface area contributed by atoms with Gasteiger partial charge in [-0.2, -0.15) is 5.10 Å². The summed E-state index contributed by atoms with van der Waals surface area (Å²) in [6, 6.07) is 0. The van der Waals surface area contributed by atoms with Gasteiger partial charge >= 0.3 is 0 Å². The largest absolute Gasteiger partial charge is 0.383 e. The number of hydrogen-bond donors (Lipinski definition) is 0. The van der Waals surface area contributed by atoms with Crippen molar-refractivity contribution in [3.05, 3.63) is 17.2 Å². The van der Waals surface area contributed by atoms with Gasteiger partial charge in [-0.1, -0.05) is 13.8 Å². The highest BCUT2D eigenvalue weighted by atomic mass is 35.5. The lowest BCUT2D eigenvalue weighted by molar-refractivity contribution is 0.184. The van der Waals surface area contributed by atoms with Crippen molar-refractivity contribution < 1.29 is 4.74 Å². The molecule has 0 aliphatic carbocycles. The fraction of sp³-hybridized carbons (Fsp3) is 0.545. The van der Waals surface area contributed by atoms with Gasteiger partial charge in [-0.05, 0) is 17.5 Å². The minimum absolute atomic E-state index is 0.255. The summed E-state index contributed by atoms with van der Waals surface area (Å²) in [5, 5.41) is 4.80. The molecule has 0 unspecified atom stereocenters. The number of hydrogen-bond acceptors (Lipinski definition) is 4. The van der Waals surface area contributed by atoms with Gasteiger partial charge < -0.3 is 4.74 Å². The zero-order valence-corrected chi connectivity index (χ0v) is 10.9. The third kappa shape index (κ3) is 2.40. The van der Waals surface area contributed by atoms with Crippen LogP contribution in [0.1, 0.15) is 25.5 Å². The molecule has 2 rings (SSSR count). The maximum absolute atomic E-state index is 5.82. The molecular weight excluding hydrogens is 240 g/mol. The molecule has 17 heavy (non-hydrogen) atoms. The highest BCUT2D eigenvalue weighted by Gasteiger charge is 2.15. The molecule has 6 heteroatoms. The second kappa shape index (κ2) is 4.98. The van der Waals surface area contributed by atoms with Crippen molar-refractivity contribution in [3.63, 3.8) is 0 Å². The van der Waals surface area contributed by atoms with Crippen LogP contribution in [0, 0.1) is 0 Å². The molecular formula is C11H15ClN4O. The van der Waals surface area contributed by atoms with Gasteiger partial charge in [0.2, 0.25) is 5.28 Å². The molecule has 92 valence electrons. The summed E-state index contributed by atoms with van der Waals surface area (Å²) in [5.41, 5.74) is 2.67. The van der Waals surface area contributed by atoms with Crippen molar-refractivity contribution in [2.75, 3.05) is 13.7 Å². The maximum atomic E-state index is 5.82. The monoisotopic (exact) mass is 254 g/mol. The summed E-state index contributed by atoms with van der Waals surface area (Å²) in [6.45, 7) is 5.46. The highest BCUT2D eigenvalue weighted by Crippen LogP contribution is 2.23. The second-order valence-electron chi connectivity index (χ2n) is 4.13. The summed E-state index contributed by atoms with van der Waals surface area (Å²) in [4.78, 5) is 8.26. The average molecular weight is 255 g/mol. The molecule has 2 aromatic heterocycles. The quantitative estimate of drug-likeness (QED) is 0.786. The minimum atomic E-state index is 0.255. The van der Waals surface area contributed by atoms with Crippen molar-refractivity contribution in [2.45, 2.75) is 26.3 Å². The van der Waals surface area contributed by atoms with E-state index in [2.05, 4.69) is 28.9 Å². The Morgan fingerprint density at radius 2 is 2.24 bits per heavy atom. The molecule has 0 aliphatic heterocycles. The summed E-state index contributed by atoms with van der Waals surface area (Å²) in [7, 11) is 1.67.